The van der Waals surface area contributed by atoms with Gasteiger partial charge in [0, 0.05) is 83.8 Å². The van der Waals surface area contributed by atoms with Gasteiger partial charge in [0.25, 0.3) is 0 Å². The second-order valence-corrected chi connectivity index (χ2v) is 24.7. The van der Waals surface area contributed by atoms with E-state index in [9.17, 15) is 19.8 Å². The minimum Gasteiger partial charge on any atom is -0.486 e. The molecule has 8 heterocycles. The summed E-state index contributed by atoms with van der Waals surface area (Å²) in [6.07, 6.45) is 8.09. The number of benzene rings is 4. The Morgan fingerprint density at radius 1 is 0.964 bits per heavy atom. The van der Waals surface area contributed by atoms with Crippen molar-refractivity contribution in [3.8, 4) is 45.4 Å². The molecule has 6 fully saturated rings. The molecule has 14 rings (SSSR count). The number of aromatic nitrogens is 9. The Hall–Kier alpha value is -7.85. The molecule has 1 spiro atoms. The number of carbonyl (C=O) groups is 2. The summed E-state index contributed by atoms with van der Waals surface area (Å²) in [6, 6.07) is 19.4. The standard InChI is InChI=1S/C63H70FN13O7/c1-6-76-51(17-18-67-76)39-13-15-40(16-14-39)55(35(5)78)68-60(80)52-20-43(79)28-75(52)61(81)57(33(2)3)77-29-50(72-73-77)38-9-7-36(8-10-38)30-83-58-54(53-34(4)48(64)22-49-47(53)26-66-71-49)45(37-11-12-37)21-46-56(58)69-62(84-44-23-63(24-44)31-82-32-63)70-59(46)74-27-41-19-42(74)25-65-41/h7-10,13-18,21-22,26,29,33,35,37,41-44,52,55,57,65,78-79H,6,11-12,19-20,23-25,27-28,30-32H2,1-5H3,(H,66,71)(H,68,80)/t35-,41-,42-,43+,52-,55-,57-/m0/s1. The first-order chi connectivity index (χ1) is 40.7. The normalized spacial score (nSPS) is 22.0. The molecule has 0 radical (unpaired) electrons. The smallest absolute Gasteiger partial charge is 0.319 e. The van der Waals surface area contributed by atoms with Crippen molar-refractivity contribution < 1.29 is 38.4 Å². The van der Waals surface area contributed by atoms with E-state index in [1.165, 1.54) is 15.6 Å². The van der Waals surface area contributed by atoms with Crippen LogP contribution in [0.2, 0.25) is 0 Å². The predicted molar refractivity (Wildman–Crippen MR) is 311 cm³/mol. The fourth-order valence-electron chi connectivity index (χ4n) is 13.8. The number of H-pyrrole nitrogens is 1. The van der Waals surface area contributed by atoms with Crippen LogP contribution in [0.1, 0.15) is 106 Å². The van der Waals surface area contributed by atoms with E-state index in [0.29, 0.717) is 57.8 Å². The molecule has 0 unspecified atom stereocenters. The molecule has 20 nitrogen and oxygen atoms in total. The van der Waals surface area contributed by atoms with Gasteiger partial charge in [-0.25, -0.2) is 9.07 Å². The Morgan fingerprint density at radius 2 is 1.75 bits per heavy atom. The molecule has 6 aliphatic rings. The minimum absolute atomic E-state index is 0.0364. The lowest BCUT2D eigenvalue weighted by Crippen LogP contribution is -2.56. The zero-order chi connectivity index (χ0) is 57.7. The first-order valence-corrected chi connectivity index (χ1v) is 29.7. The molecular weight excluding hydrogens is 1070 g/mol. The third-order valence-corrected chi connectivity index (χ3v) is 18.4. The van der Waals surface area contributed by atoms with Gasteiger partial charge in [-0.05, 0) is 111 Å². The molecule has 2 saturated carbocycles. The van der Waals surface area contributed by atoms with Gasteiger partial charge in [0.15, 0.2) is 5.75 Å². The van der Waals surface area contributed by atoms with Crippen LogP contribution in [-0.2, 0) is 27.5 Å². The number of fused-ring (bicyclic) bond motifs is 4. The highest BCUT2D eigenvalue weighted by atomic mass is 19.1. The van der Waals surface area contributed by atoms with Crippen LogP contribution in [0.15, 0.2) is 85.3 Å². The first kappa shape index (κ1) is 54.1. The van der Waals surface area contributed by atoms with Crippen LogP contribution in [0.3, 0.4) is 0 Å². The molecule has 4 aliphatic heterocycles. The zero-order valence-electron chi connectivity index (χ0n) is 47.8. The number of halogens is 1. The van der Waals surface area contributed by atoms with Crippen molar-refractivity contribution >= 4 is 39.4 Å². The number of amides is 2. The third-order valence-electron chi connectivity index (χ3n) is 18.4. The summed E-state index contributed by atoms with van der Waals surface area (Å²) < 4.78 is 39.1. The average Bonchev–Trinajstić information content (AvgIpc) is 1.53. The van der Waals surface area contributed by atoms with Crippen molar-refractivity contribution in [3.63, 3.8) is 0 Å². The summed E-state index contributed by atoms with van der Waals surface area (Å²) >= 11 is 0. The van der Waals surface area contributed by atoms with Crippen LogP contribution >= 0.6 is 0 Å². The molecule has 436 valence electrons. The van der Waals surface area contributed by atoms with Crippen molar-refractivity contribution in [3.05, 3.63) is 113 Å². The van der Waals surface area contributed by atoms with E-state index in [1.807, 2.05) is 87.0 Å². The summed E-state index contributed by atoms with van der Waals surface area (Å²) in [6.45, 7) is 13.2. The zero-order valence-corrected chi connectivity index (χ0v) is 47.8. The van der Waals surface area contributed by atoms with Crippen LogP contribution in [0.4, 0.5) is 10.2 Å². The number of carbonyl (C=O) groups excluding carboxylic acids is 2. The number of nitrogens with zero attached hydrogens (tertiary/aromatic N) is 10. The van der Waals surface area contributed by atoms with Gasteiger partial charge in [-0.2, -0.15) is 20.2 Å². The molecule has 4 saturated heterocycles. The minimum atomic E-state index is -0.994. The van der Waals surface area contributed by atoms with Gasteiger partial charge in [0.2, 0.25) is 11.8 Å². The summed E-state index contributed by atoms with van der Waals surface area (Å²) in [7, 11) is 0. The van der Waals surface area contributed by atoms with Crippen LogP contribution in [0, 0.1) is 24.1 Å². The van der Waals surface area contributed by atoms with E-state index < -0.39 is 36.2 Å². The molecule has 2 amide bonds. The lowest BCUT2D eigenvalue weighted by Gasteiger charge is -2.52. The topological polar surface area (TPSA) is 236 Å². The highest BCUT2D eigenvalue weighted by Crippen LogP contribution is 2.54. The second kappa shape index (κ2) is 21.3. The molecule has 7 atom stereocenters. The molecule has 2 bridgehead atoms. The molecule has 84 heavy (non-hydrogen) atoms. The number of aromatic amines is 1. The maximum Gasteiger partial charge on any atom is 0.319 e. The molecule has 4 aromatic heterocycles. The van der Waals surface area contributed by atoms with Gasteiger partial charge < -0.3 is 44.9 Å². The van der Waals surface area contributed by atoms with E-state index in [0.717, 1.165) is 109 Å². The average molecular weight is 1140 g/mol. The quantitative estimate of drug-likeness (QED) is 0.0553. The first-order valence-electron chi connectivity index (χ1n) is 29.7. The molecule has 8 aromatic rings. The van der Waals surface area contributed by atoms with Crippen molar-refractivity contribution in [2.24, 2.45) is 11.3 Å². The predicted octanol–water partition coefficient (Wildman–Crippen LogP) is 7.72. The SMILES string of the molecule is CCn1nccc1-c1ccc([C@@H](NC(=O)[C@@H]2C[C@@H](O)CN2C(=O)[C@H](C(C)C)n2cc(-c3ccc(COc4c(-c5c(C)c(F)cc6[nH]ncc56)c(C5CC5)cc5c(N6C[C@@H]7C[C@H]6CN7)nc(OC6CC7(COC7)C6)nc45)cc3)nn2)[C@H](C)O)cc1. The van der Waals surface area contributed by atoms with Gasteiger partial charge in [-0.1, -0.05) is 67.6 Å². The maximum atomic E-state index is 16.2. The number of aliphatic hydroxyl groups excluding tert-OH is 2. The molecular formula is C63H70FN13O7. The Bertz CT molecular complexity index is 3810. The van der Waals surface area contributed by atoms with Gasteiger partial charge in [0.1, 0.15) is 47.6 Å². The molecule has 4 aromatic carbocycles. The molecule has 5 N–H and O–H groups in total. The van der Waals surface area contributed by atoms with E-state index in [1.54, 1.807) is 25.5 Å². The largest absolute Gasteiger partial charge is 0.486 e. The number of likely N-dealkylation sites (tertiary alicyclic amines) is 1. The van der Waals surface area contributed by atoms with Crippen molar-refractivity contribution in [1.82, 2.24) is 60.5 Å². The number of piperazine rings is 1. The highest BCUT2D eigenvalue weighted by molar-refractivity contribution is 6.06. The maximum absolute atomic E-state index is 16.2. The van der Waals surface area contributed by atoms with E-state index in [-0.39, 0.29) is 60.7 Å². The Kier molecular flexibility index (Phi) is 13.7. The fraction of sp³-hybridized carbons (Fsp3) is 0.460. The Morgan fingerprint density at radius 3 is 2.44 bits per heavy atom. The van der Waals surface area contributed by atoms with Crippen LogP contribution in [0.5, 0.6) is 11.8 Å². The summed E-state index contributed by atoms with van der Waals surface area (Å²) in [5.41, 5.74) is 9.15. The highest BCUT2D eigenvalue weighted by Gasteiger charge is 2.52. The van der Waals surface area contributed by atoms with E-state index in [4.69, 9.17) is 24.2 Å². The lowest BCUT2D eigenvalue weighted by atomic mass is 9.65. The van der Waals surface area contributed by atoms with Gasteiger partial charge >= 0.3 is 6.01 Å². The van der Waals surface area contributed by atoms with Crippen molar-refractivity contribution in [1.29, 1.82) is 0 Å². The van der Waals surface area contributed by atoms with Gasteiger partial charge in [-0.15, -0.1) is 5.10 Å². The van der Waals surface area contributed by atoms with Crippen LogP contribution in [-0.4, -0.2) is 141 Å². The number of β-amino-alcohol motifs (C(OH)–C–C–N with tert-alkyl or cyclic N) is 1. The summed E-state index contributed by atoms with van der Waals surface area (Å²) in [5.74, 6) is 0.0986. The molecule has 21 heteroatoms. The number of anilines is 1. The number of aryl methyl sites for hydroxylation is 1. The Balaban J connectivity index is 0.743. The Labute approximate surface area is 485 Å². The molecule has 2 aliphatic carbocycles. The van der Waals surface area contributed by atoms with Gasteiger partial charge in [-0.3, -0.25) is 19.4 Å². The second-order valence-electron chi connectivity index (χ2n) is 24.7. The number of nitrogens with one attached hydrogen (secondary N) is 3. The monoisotopic (exact) mass is 1140 g/mol. The lowest BCUT2D eigenvalue weighted by molar-refractivity contribution is -0.192. The summed E-state index contributed by atoms with van der Waals surface area (Å²) in [4.78, 5) is 43.3. The third kappa shape index (κ3) is 9.71. The van der Waals surface area contributed by atoms with Crippen LogP contribution < -0.4 is 25.0 Å². The number of rotatable bonds is 18. The van der Waals surface area contributed by atoms with Crippen molar-refractivity contribution in [2.45, 2.75) is 141 Å². The number of aliphatic hydroxyl groups is 2. The van der Waals surface area contributed by atoms with E-state index in [2.05, 4.69) is 47.2 Å². The van der Waals surface area contributed by atoms with Crippen LogP contribution in [0.25, 0.3) is 55.4 Å². The number of hydrogen-bond acceptors (Lipinski definition) is 15. The van der Waals surface area contributed by atoms with Gasteiger partial charge in [0.05, 0.1) is 55.1 Å². The summed E-state index contributed by atoms with van der Waals surface area (Å²) in [5, 5.41) is 51.1. The fourth-order valence-corrected chi connectivity index (χ4v) is 13.8. The van der Waals surface area contributed by atoms with Crippen molar-refractivity contribution in [2.75, 3.05) is 37.7 Å². The van der Waals surface area contributed by atoms with E-state index >= 15 is 4.39 Å². The number of ether oxygens (including phenoxy) is 3. The number of hydrogen-bond donors (Lipinski definition) is 5.